The van der Waals surface area contributed by atoms with Crippen molar-refractivity contribution in [3.8, 4) is 0 Å². The summed E-state index contributed by atoms with van der Waals surface area (Å²) in [6, 6.07) is 0. The van der Waals surface area contributed by atoms with E-state index in [1.165, 1.54) is 7.11 Å². The van der Waals surface area contributed by atoms with E-state index in [0.29, 0.717) is 0 Å². The summed E-state index contributed by atoms with van der Waals surface area (Å²) in [5.41, 5.74) is -0.927. The van der Waals surface area contributed by atoms with Crippen molar-refractivity contribution in [1.82, 2.24) is 0 Å². The molecule has 0 saturated heterocycles. The second kappa shape index (κ2) is 4.87. The fraction of sp³-hybridized carbons (Fsp3) is 0.900. The molecule has 0 saturated carbocycles. The van der Waals surface area contributed by atoms with E-state index < -0.39 is 17.8 Å². The van der Waals surface area contributed by atoms with Crippen molar-refractivity contribution in [2.75, 3.05) is 7.11 Å². The molecule has 84 valence electrons. The molecule has 0 rings (SSSR count). The van der Waals surface area contributed by atoms with Gasteiger partial charge in [0.2, 0.25) is 0 Å². The van der Waals surface area contributed by atoms with Gasteiger partial charge in [0.15, 0.2) is 5.78 Å². The summed E-state index contributed by atoms with van der Waals surface area (Å²) in [6.07, 6.45) is -2.59. The molecule has 2 atom stereocenters. The van der Waals surface area contributed by atoms with Crippen molar-refractivity contribution >= 4 is 5.78 Å². The van der Waals surface area contributed by atoms with Crippen LogP contribution >= 0.6 is 0 Å². The Kier molecular flexibility index (Phi) is 4.71. The van der Waals surface area contributed by atoms with E-state index in [1.807, 2.05) is 0 Å². The zero-order valence-electron chi connectivity index (χ0n) is 9.44. The van der Waals surface area contributed by atoms with Crippen LogP contribution in [0.3, 0.4) is 0 Å². The Bertz CT molecular complexity index is 198. The maximum atomic E-state index is 11.4. The lowest BCUT2D eigenvalue weighted by Crippen LogP contribution is -2.50. The van der Waals surface area contributed by atoms with Gasteiger partial charge >= 0.3 is 0 Å². The predicted molar refractivity (Wildman–Crippen MR) is 52.9 cm³/mol. The Hall–Kier alpha value is -0.450. The molecule has 0 aromatic heterocycles. The number of carbonyl (C=O) groups excluding carboxylic acids is 1. The van der Waals surface area contributed by atoms with Crippen molar-refractivity contribution in [3.63, 3.8) is 0 Å². The second-order valence-corrected chi connectivity index (χ2v) is 4.25. The van der Waals surface area contributed by atoms with Crippen LogP contribution in [0.1, 0.15) is 27.7 Å². The largest absolute Gasteiger partial charge is 0.387 e. The SMILES string of the molecule is COC(C)(C)C(O)C(O)C(=O)C(C)C. The van der Waals surface area contributed by atoms with E-state index in [-0.39, 0.29) is 11.7 Å². The molecule has 0 amide bonds. The molecule has 0 aliphatic carbocycles. The molecule has 0 aliphatic heterocycles. The van der Waals surface area contributed by atoms with Crippen LogP contribution in [-0.2, 0) is 9.53 Å². The van der Waals surface area contributed by atoms with Gasteiger partial charge in [-0.3, -0.25) is 4.79 Å². The van der Waals surface area contributed by atoms with Crippen molar-refractivity contribution in [1.29, 1.82) is 0 Å². The predicted octanol–water partition coefficient (Wildman–Crippen LogP) is 0.358. The molecule has 0 aromatic carbocycles. The number of hydrogen-bond donors (Lipinski definition) is 2. The van der Waals surface area contributed by atoms with Gasteiger partial charge in [-0.25, -0.2) is 0 Å². The highest BCUT2D eigenvalue weighted by Gasteiger charge is 2.37. The summed E-state index contributed by atoms with van der Waals surface area (Å²) in [5, 5.41) is 19.2. The van der Waals surface area contributed by atoms with E-state index >= 15 is 0 Å². The molecule has 0 fully saturated rings. The average Bonchev–Trinajstić information content (AvgIpc) is 2.14. The van der Waals surface area contributed by atoms with Crippen molar-refractivity contribution in [2.45, 2.75) is 45.5 Å². The van der Waals surface area contributed by atoms with Crippen LogP contribution in [0.4, 0.5) is 0 Å². The topological polar surface area (TPSA) is 66.8 Å². The number of aliphatic hydroxyl groups is 2. The summed E-state index contributed by atoms with van der Waals surface area (Å²) in [7, 11) is 1.43. The number of ether oxygens (including phenoxy) is 1. The molecule has 0 bridgehead atoms. The van der Waals surface area contributed by atoms with Crippen LogP contribution in [0.2, 0.25) is 0 Å². The number of methoxy groups -OCH3 is 1. The van der Waals surface area contributed by atoms with E-state index in [2.05, 4.69) is 0 Å². The standard InChI is InChI=1S/C10H20O4/c1-6(2)7(11)8(12)9(13)10(3,4)14-5/h6,8-9,12-13H,1-5H3. The van der Waals surface area contributed by atoms with E-state index in [1.54, 1.807) is 27.7 Å². The van der Waals surface area contributed by atoms with E-state index in [0.717, 1.165) is 0 Å². The number of ketones is 1. The van der Waals surface area contributed by atoms with Crippen LogP contribution in [-0.4, -0.2) is 40.9 Å². The van der Waals surface area contributed by atoms with Crippen LogP contribution in [0.25, 0.3) is 0 Å². The Balaban J connectivity index is 4.54. The Morgan fingerprint density at radius 3 is 2.00 bits per heavy atom. The number of Topliss-reactive ketones (excluding diaryl/α,β-unsaturated/α-hetero) is 1. The maximum Gasteiger partial charge on any atom is 0.166 e. The fourth-order valence-electron chi connectivity index (χ4n) is 0.998. The number of carbonyl (C=O) groups is 1. The summed E-state index contributed by atoms with van der Waals surface area (Å²) in [6.45, 7) is 6.60. The first-order chi connectivity index (χ1) is 6.24. The molecule has 0 spiro atoms. The highest BCUT2D eigenvalue weighted by molar-refractivity contribution is 5.85. The first-order valence-corrected chi connectivity index (χ1v) is 4.69. The highest BCUT2D eigenvalue weighted by Crippen LogP contribution is 2.18. The Labute approximate surface area is 84.9 Å². The van der Waals surface area contributed by atoms with Gasteiger partial charge in [-0.2, -0.15) is 0 Å². The lowest BCUT2D eigenvalue weighted by molar-refractivity contribution is -0.154. The smallest absolute Gasteiger partial charge is 0.166 e. The zero-order valence-corrected chi connectivity index (χ0v) is 9.44. The summed E-state index contributed by atoms with van der Waals surface area (Å²) in [5.74, 6) is -0.671. The molecule has 0 radical (unpaired) electrons. The van der Waals surface area contributed by atoms with Gasteiger partial charge < -0.3 is 14.9 Å². The third-order valence-electron chi connectivity index (χ3n) is 2.40. The monoisotopic (exact) mass is 204 g/mol. The first kappa shape index (κ1) is 13.5. The minimum atomic E-state index is -1.38. The molecule has 2 unspecified atom stereocenters. The van der Waals surface area contributed by atoms with Gasteiger partial charge in [0.05, 0.1) is 5.60 Å². The average molecular weight is 204 g/mol. The summed E-state index contributed by atoms with van der Waals surface area (Å²) in [4.78, 5) is 11.4. The molecule has 14 heavy (non-hydrogen) atoms. The number of hydrogen-bond acceptors (Lipinski definition) is 4. The van der Waals surface area contributed by atoms with Crippen molar-refractivity contribution < 1.29 is 19.7 Å². The Morgan fingerprint density at radius 1 is 1.29 bits per heavy atom. The number of rotatable bonds is 5. The van der Waals surface area contributed by atoms with Gasteiger partial charge in [0.1, 0.15) is 12.2 Å². The summed E-state index contributed by atoms with van der Waals surface area (Å²) < 4.78 is 4.99. The first-order valence-electron chi connectivity index (χ1n) is 4.69. The van der Waals surface area contributed by atoms with Gasteiger partial charge in [0.25, 0.3) is 0 Å². The molecular weight excluding hydrogens is 184 g/mol. The van der Waals surface area contributed by atoms with Crippen LogP contribution in [0.15, 0.2) is 0 Å². The minimum Gasteiger partial charge on any atom is -0.387 e. The minimum absolute atomic E-state index is 0.299. The van der Waals surface area contributed by atoms with Gasteiger partial charge in [-0.05, 0) is 13.8 Å². The highest BCUT2D eigenvalue weighted by atomic mass is 16.5. The van der Waals surface area contributed by atoms with E-state index in [4.69, 9.17) is 4.74 Å². The lowest BCUT2D eigenvalue weighted by atomic mass is 9.90. The molecule has 0 heterocycles. The van der Waals surface area contributed by atoms with Gasteiger partial charge in [-0.1, -0.05) is 13.8 Å². The fourth-order valence-corrected chi connectivity index (χ4v) is 0.998. The van der Waals surface area contributed by atoms with Crippen LogP contribution in [0, 0.1) is 5.92 Å². The van der Waals surface area contributed by atoms with E-state index in [9.17, 15) is 15.0 Å². The number of aliphatic hydroxyl groups excluding tert-OH is 2. The lowest BCUT2D eigenvalue weighted by Gasteiger charge is -2.32. The molecule has 2 N–H and O–H groups in total. The molecule has 4 nitrogen and oxygen atoms in total. The summed E-state index contributed by atoms with van der Waals surface area (Å²) >= 11 is 0. The molecule has 0 aromatic rings. The maximum absolute atomic E-state index is 11.4. The zero-order chi connectivity index (χ0) is 11.5. The van der Waals surface area contributed by atoms with Crippen LogP contribution in [0.5, 0.6) is 0 Å². The van der Waals surface area contributed by atoms with Gasteiger partial charge in [-0.15, -0.1) is 0 Å². The second-order valence-electron chi connectivity index (χ2n) is 4.25. The molecule has 0 aliphatic rings. The quantitative estimate of drug-likeness (QED) is 0.678. The van der Waals surface area contributed by atoms with Gasteiger partial charge in [0, 0.05) is 13.0 Å². The van der Waals surface area contributed by atoms with Crippen molar-refractivity contribution in [3.05, 3.63) is 0 Å². The normalized spacial score (nSPS) is 16.9. The van der Waals surface area contributed by atoms with Crippen molar-refractivity contribution in [2.24, 2.45) is 5.92 Å². The Morgan fingerprint density at radius 2 is 1.71 bits per heavy atom. The molecular formula is C10H20O4. The van der Waals surface area contributed by atoms with Crippen LogP contribution < -0.4 is 0 Å². The molecule has 4 heteroatoms. The third-order valence-corrected chi connectivity index (χ3v) is 2.40. The third kappa shape index (κ3) is 3.04.